The van der Waals surface area contributed by atoms with E-state index in [0.29, 0.717) is 18.3 Å². The summed E-state index contributed by atoms with van der Waals surface area (Å²) in [6.07, 6.45) is 4.27. The van der Waals surface area contributed by atoms with E-state index in [0.717, 1.165) is 30.4 Å². The molecule has 0 saturated heterocycles. The van der Waals surface area contributed by atoms with Crippen molar-refractivity contribution in [1.82, 2.24) is 4.72 Å². The molecule has 22 heavy (non-hydrogen) atoms. The number of sulfonamides is 1. The Morgan fingerprint density at radius 2 is 1.82 bits per heavy atom. The predicted octanol–water partition coefficient (Wildman–Crippen LogP) is 3.56. The third kappa shape index (κ3) is 3.82. The highest BCUT2D eigenvalue weighted by atomic mass is 32.2. The molecule has 0 aliphatic heterocycles. The van der Waals surface area contributed by atoms with Crippen molar-refractivity contribution in [2.75, 3.05) is 6.61 Å². The van der Waals surface area contributed by atoms with E-state index >= 15 is 0 Å². The van der Waals surface area contributed by atoms with Gasteiger partial charge in [0.1, 0.15) is 10.6 Å². The first kappa shape index (κ1) is 17.3. The minimum atomic E-state index is -3.56. The second kappa shape index (κ2) is 7.01. The highest BCUT2D eigenvalue weighted by Gasteiger charge is 2.29. The van der Waals surface area contributed by atoms with Gasteiger partial charge in [0.2, 0.25) is 10.0 Å². The molecule has 0 spiro atoms. The van der Waals surface area contributed by atoms with E-state index in [4.69, 9.17) is 4.74 Å². The zero-order valence-electron chi connectivity index (χ0n) is 14.0. The summed E-state index contributed by atoms with van der Waals surface area (Å²) in [6.45, 7) is 8.32. The largest absolute Gasteiger partial charge is 0.492 e. The second-order valence-electron chi connectivity index (χ2n) is 6.31. The number of aryl methyl sites for hydroxylation is 2. The average Bonchev–Trinajstić information content (AvgIpc) is 2.45. The van der Waals surface area contributed by atoms with Gasteiger partial charge in [-0.1, -0.05) is 19.8 Å². The van der Waals surface area contributed by atoms with Crippen molar-refractivity contribution in [3.63, 3.8) is 0 Å². The van der Waals surface area contributed by atoms with Gasteiger partial charge in [-0.15, -0.1) is 0 Å². The zero-order valence-corrected chi connectivity index (χ0v) is 14.8. The number of ether oxygens (including phenoxy) is 1. The van der Waals surface area contributed by atoms with Gasteiger partial charge in [-0.2, -0.15) is 0 Å². The molecule has 1 aliphatic rings. The van der Waals surface area contributed by atoms with E-state index < -0.39 is 10.0 Å². The van der Waals surface area contributed by atoms with Gasteiger partial charge in [-0.3, -0.25) is 0 Å². The van der Waals surface area contributed by atoms with Gasteiger partial charge in [0.25, 0.3) is 0 Å². The van der Waals surface area contributed by atoms with Crippen molar-refractivity contribution >= 4 is 10.0 Å². The van der Waals surface area contributed by atoms with Crippen LogP contribution in [0.4, 0.5) is 0 Å². The maximum Gasteiger partial charge on any atom is 0.244 e. The van der Waals surface area contributed by atoms with E-state index in [1.165, 1.54) is 6.42 Å². The molecule has 0 bridgehead atoms. The van der Waals surface area contributed by atoms with Crippen LogP contribution >= 0.6 is 0 Å². The van der Waals surface area contributed by atoms with Crippen molar-refractivity contribution in [2.45, 2.75) is 64.3 Å². The van der Waals surface area contributed by atoms with Crippen molar-refractivity contribution < 1.29 is 13.2 Å². The smallest absolute Gasteiger partial charge is 0.244 e. The minimum absolute atomic E-state index is 0.0230. The summed E-state index contributed by atoms with van der Waals surface area (Å²) in [5, 5.41) is 0. The predicted molar refractivity (Wildman–Crippen MR) is 88.8 cm³/mol. The molecule has 0 heterocycles. The Morgan fingerprint density at radius 3 is 2.45 bits per heavy atom. The van der Waals surface area contributed by atoms with E-state index in [1.807, 2.05) is 26.8 Å². The van der Waals surface area contributed by atoms with Gasteiger partial charge in [-0.25, -0.2) is 13.1 Å². The molecular formula is C17H27NO3S. The first-order valence-electron chi connectivity index (χ1n) is 8.11. The first-order chi connectivity index (χ1) is 10.3. The van der Waals surface area contributed by atoms with Crippen LogP contribution in [-0.4, -0.2) is 21.1 Å². The Balaban J connectivity index is 2.33. The lowest BCUT2D eigenvalue weighted by Gasteiger charge is -2.29. The molecule has 1 aromatic carbocycles. The lowest BCUT2D eigenvalue weighted by atomic mass is 9.87. The van der Waals surface area contributed by atoms with Crippen LogP contribution in [0, 0.1) is 19.8 Å². The number of benzene rings is 1. The maximum absolute atomic E-state index is 12.8. The topological polar surface area (TPSA) is 55.4 Å². The van der Waals surface area contributed by atoms with Crippen LogP contribution in [0.25, 0.3) is 0 Å². The van der Waals surface area contributed by atoms with Crippen molar-refractivity contribution in [3.05, 3.63) is 23.3 Å². The minimum Gasteiger partial charge on any atom is -0.492 e. The van der Waals surface area contributed by atoms with Gasteiger partial charge in [-0.05, 0) is 62.8 Å². The molecule has 4 nitrogen and oxygen atoms in total. The fraction of sp³-hybridized carbons (Fsp3) is 0.647. The molecule has 5 heteroatoms. The summed E-state index contributed by atoms with van der Waals surface area (Å²) in [6, 6.07) is 3.56. The van der Waals surface area contributed by atoms with Gasteiger partial charge in [0, 0.05) is 6.04 Å². The van der Waals surface area contributed by atoms with E-state index in [2.05, 4.69) is 11.6 Å². The standard InChI is InChI=1S/C17H27NO3S/c1-5-21-16-10-13(3)14(4)11-17(16)22(19,20)18-15-9-7-6-8-12(15)2/h10-12,15,18H,5-9H2,1-4H3/t12-,15-/m0/s1. The second-order valence-corrected chi connectivity index (χ2v) is 7.99. The maximum atomic E-state index is 12.8. The Morgan fingerprint density at radius 1 is 1.18 bits per heavy atom. The van der Waals surface area contributed by atoms with Gasteiger partial charge >= 0.3 is 0 Å². The Hall–Kier alpha value is -1.07. The number of hydrogen-bond donors (Lipinski definition) is 1. The molecule has 1 aliphatic carbocycles. The molecule has 0 aromatic heterocycles. The summed E-state index contributed by atoms with van der Waals surface area (Å²) in [5.41, 5.74) is 1.99. The van der Waals surface area contributed by atoms with Crippen LogP contribution in [0.2, 0.25) is 0 Å². The molecular weight excluding hydrogens is 298 g/mol. The molecule has 0 unspecified atom stereocenters. The van der Waals surface area contributed by atoms with Crippen LogP contribution in [0.15, 0.2) is 17.0 Å². The third-order valence-corrected chi connectivity index (χ3v) is 6.08. The fourth-order valence-electron chi connectivity index (χ4n) is 3.00. The molecule has 1 saturated carbocycles. The molecule has 0 amide bonds. The highest BCUT2D eigenvalue weighted by Crippen LogP contribution is 2.30. The van der Waals surface area contributed by atoms with Crippen molar-refractivity contribution in [3.8, 4) is 5.75 Å². The molecule has 1 fully saturated rings. The van der Waals surface area contributed by atoms with Gasteiger partial charge < -0.3 is 4.74 Å². The van der Waals surface area contributed by atoms with Crippen molar-refractivity contribution in [2.24, 2.45) is 5.92 Å². The molecule has 2 rings (SSSR count). The first-order valence-corrected chi connectivity index (χ1v) is 9.60. The SMILES string of the molecule is CCOc1cc(C)c(C)cc1S(=O)(=O)N[C@H]1CCCC[C@@H]1C. The number of rotatable bonds is 5. The van der Waals surface area contributed by atoms with Crippen LogP contribution in [0.5, 0.6) is 5.75 Å². The monoisotopic (exact) mass is 325 g/mol. The normalized spacial score (nSPS) is 22.5. The Bertz CT molecular complexity index is 625. The van der Waals surface area contributed by atoms with Gasteiger partial charge in [0.05, 0.1) is 6.61 Å². The fourth-order valence-corrected chi connectivity index (χ4v) is 4.59. The van der Waals surface area contributed by atoms with E-state index in [1.54, 1.807) is 6.07 Å². The lowest BCUT2D eigenvalue weighted by Crippen LogP contribution is -2.41. The lowest BCUT2D eigenvalue weighted by molar-refractivity contribution is 0.308. The Labute approximate surface area is 134 Å². The summed E-state index contributed by atoms with van der Waals surface area (Å²) >= 11 is 0. The molecule has 0 radical (unpaired) electrons. The van der Waals surface area contributed by atoms with Crippen LogP contribution < -0.4 is 9.46 Å². The molecule has 1 aromatic rings. The van der Waals surface area contributed by atoms with Crippen LogP contribution in [0.3, 0.4) is 0 Å². The number of hydrogen-bond acceptors (Lipinski definition) is 3. The quantitative estimate of drug-likeness (QED) is 0.900. The Kier molecular flexibility index (Phi) is 5.50. The zero-order chi connectivity index (χ0) is 16.3. The van der Waals surface area contributed by atoms with E-state index in [9.17, 15) is 8.42 Å². The molecule has 124 valence electrons. The molecule has 2 atom stereocenters. The summed E-state index contributed by atoms with van der Waals surface area (Å²) in [7, 11) is -3.56. The highest BCUT2D eigenvalue weighted by molar-refractivity contribution is 7.89. The summed E-state index contributed by atoms with van der Waals surface area (Å²) in [4.78, 5) is 0.259. The average molecular weight is 325 g/mol. The van der Waals surface area contributed by atoms with E-state index in [-0.39, 0.29) is 10.9 Å². The van der Waals surface area contributed by atoms with Crippen LogP contribution in [-0.2, 0) is 10.0 Å². The summed E-state index contributed by atoms with van der Waals surface area (Å²) in [5.74, 6) is 0.826. The third-order valence-electron chi connectivity index (χ3n) is 4.57. The molecule has 1 N–H and O–H groups in total. The van der Waals surface area contributed by atoms with Crippen molar-refractivity contribution in [1.29, 1.82) is 0 Å². The number of nitrogens with one attached hydrogen (secondary N) is 1. The van der Waals surface area contributed by atoms with Crippen LogP contribution in [0.1, 0.15) is 50.7 Å². The summed E-state index contributed by atoms with van der Waals surface area (Å²) < 4.78 is 34.1. The van der Waals surface area contributed by atoms with Gasteiger partial charge in [0.15, 0.2) is 0 Å².